The first-order chi connectivity index (χ1) is 14.4. The standard InChI is InChI=1S/C26H36N2O2/c1-5-17-30-23-10-8-9-21(18-23)25(29)27-19-24(28-15-6-7-16-28)20-11-13-22(14-12-20)26(2,3)4/h8-14,18,24H,5-7,15-17,19H2,1-4H3,(H,27,29)/t24-/m1/s1. The van der Waals surface area contributed by atoms with Gasteiger partial charge in [0.2, 0.25) is 0 Å². The van der Waals surface area contributed by atoms with Gasteiger partial charge in [-0.2, -0.15) is 0 Å². The van der Waals surface area contributed by atoms with Gasteiger partial charge in [0.1, 0.15) is 5.75 Å². The minimum atomic E-state index is -0.0487. The Hall–Kier alpha value is -2.33. The van der Waals surface area contributed by atoms with E-state index >= 15 is 0 Å². The molecule has 0 aliphatic carbocycles. The summed E-state index contributed by atoms with van der Waals surface area (Å²) >= 11 is 0. The van der Waals surface area contributed by atoms with Crippen molar-refractivity contribution in [1.82, 2.24) is 10.2 Å². The molecule has 1 aliphatic rings. The van der Waals surface area contributed by atoms with E-state index in [0.717, 1.165) is 25.3 Å². The van der Waals surface area contributed by atoms with Crippen LogP contribution in [-0.2, 0) is 5.41 Å². The van der Waals surface area contributed by atoms with Crippen LogP contribution in [0.4, 0.5) is 0 Å². The van der Waals surface area contributed by atoms with E-state index in [9.17, 15) is 4.79 Å². The van der Waals surface area contributed by atoms with Crippen molar-refractivity contribution >= 4 is 5.91 Å². The van der Waals surface area contributed by atoms with Crippen LogP contribution in [0.15, 0.2) is 48.5 Å². The Labute approximate surface area is 181 Å². The highest BCUT2D eigenvalue weighted by atomic mass is 16.5. The van der Waals surface area contributed by atoms with Crippen molar-refractivity contribution in [1.29, 1.82) is 0 Å². The van der Waals surface area contributed by atoms with Gasteiger partial charge in [-0.3, -0.25) is 9.69 Å². The predicted octanol–water partition coefficient (Wildman–Crippen LogP) is 5.34. The zero-order valence-corrected chi connectivity index (χ0v) is 18.9. The number of nitrogens with one attached hydrogen (secondary N) is 1. The lowest BCUT2D eigenvalue weighted by Gasteiger charge is -2.29. The van der Waals surface area contributed by atoms with Crippen molar-refractivity contribution in [2.24, 2.45) is 0 Å². The number of hydrogen-bond acceptors (Lipinski definition) is 3. The smallest absolute Gasteiger partial charge is 0.251 e. The third kappa shape index (κ3) is 5.85. The number of nitrogens with zero attached hydrogens (tertiary/aromatic N) is 1. The van der Waals surface area contributed by atoms with Crippen LogP contribution in [0.1, 0.15) is 74.5 Å². The Bertz CT molecular complexity index is 818. The molecule has 1 heterocycles. The number of carbonyl (C=O) groups excluding carboxylic acids is 1. The van der Waals surface area contributed by atoms with E-state index < -0.39 is 0 Å². The average molecular weight is 409 g/mol. The van der Waals surface area contributed by atoms with Crippen LogP contribution in [0, 0.1) is 0 Å². The van der Waals surface area contributed by atoms with E-state index in [0.29, 0.717) is 18.7 Å². The number of benzene rings is 2. The van der Waals surface area contributed by atoms with Crippen molar-refractivity contribution < 1.29 is 9.53 Å². The second kappa shape index (κ2) is 10.1. The first kappa shape index (κ1) is 22.4. The summed E-state index contributed by atoms with van der Waals surface area (Å²) in [6.45, 7) is 12.2. The lowest BCUT2D eigenvalue weighted by molar-refractivity contribution is 0.0937. The predicted molar refractivity (Wildman–Crippen MR) is 123 cm³/mol. The Kier molecular flexibility index (Phi) is 7.54. The van der Waals surface area contributed by atoms with E-state index in [4.69, 9.17) is 4.74 Å². The molecule has 0 aromatic heterocycles. The summed E-state index contributed by atoms with van der Waals surface area (Å²) in [5, 5.41) is 3.17. The number of rotatable bonds is 8. The molecule has 0 radical (unpaired) electrons. The molecule has 0 bridgehead atoms. The van der Waals surface area contributed by atoms with Gasteiger partial charge >= 0.3 is 0 Å². The van der Waals surface area contributed by atoms with E-state index in [1.807, 2.05) is 24.3 Å². The van der Waals surface area contributed by atoms with Crippen LogP contribution in [0.5, 0.6) is 5.75 Å². The molecule has 2 aromatic carbocycles. The Morgan fingerprint density at radius 1 is 1.10 bits per heavy atom. The van der Waals surface area contributed by atoms with Crippen LogP contribution in [0.25, 0.3) is 0 Å². The fraction of sp³-hybridized carbons (Fsp3) is 0.500. The maximum absolute atomic E-state index is 12.8. The van der Waals surface area contributed by atoms with Crippen molar-refractivity contribution in [3.8, 4) is 5.75 Å². The topological polar surface area (TPSA) is 41.6 Å². The summed E-state index contributed by atoms with van der Waals surface area (Å²) in [4.78, 5) is 15.3. The highest BCUT2D eigenvalue weighted by Gasteiger charge is 2.25. The number of likely N-dealkylation sites (tertiary alicyclic amines) is 1. The molecule has 0 spiro atoms. The molecule has 162 valence electrons. The number of carbonyl (C=O) groups is 1. The van der Waals surface area contributed by atoms with Gasteiger partial charge in [0, 0.05) is 12.1 Å². The highest BCUT2D eigenvalue weighted by molar-refractivity contribution is 5.94. The molecule has 30 heavy (non-hydrogen) atoms. The fourth-order valence-corrected chi connectivity index (χ4v) is 3.95. The van der Waals surface area contributed by atoms with Gasteiger partial charge in [-0.15, -0.1) is 0 Å². The van der Waals surface area contributed by atoms with Crippen molar-refractivity contribution in [2.75, 3.05) is 26.2 Å². The molecule has 2 aromatic rings. The van der Waals surface area contributed by atoms with Crippen LogP contribution in [0.3, 0.4) is 0 Å². The van der Waals surface area contributed by atoms with Crippen LogP contribution < -0.4 is 10.1 Å². The largest absolute Gasteiger partial charge is 0.494 e. The minimum Gasteiger partial charge on any atom is -0.494 e. The van der Waals surface area contributed by atoms with E-state index in [-0.39, 0.29) is 17.4 Å². The quantitative estimate of drug-likeness (QED) is 0.641. The van der Waals surface area contributed by atoms with Gasteiger partial charge in [0.25, 0.3) is 5.91 Å². The average Bonchev–Trinajstić information content (AvgIpc) is 3.27. The molecule has 1 saturated heterocycles. The second-order valence-electron chi connectivity index (χ2n) is 9.22. The summed E-state index contributed by atoms with van der Waals surface area (Å²) in [6.07, 6.45) is 3.39. The molecule has 4 nitrogen and oxygen atoms in total. The number of amides is 1. The van der Waals surface area contributed by atoms with E-state index in [1.165, 1.54) is 24.0 Å². The number of ether oxygens (including phenoxy) is 1. The van der Waals surface area contributed by atoms with Gasteiger partial charge in [0.15, 0.2) is 0 Å². The zero-order valence-electron chi connectivity index (χ0n) is 18.9. The number of hydrogen-bond donors (Lipinski definition) is 1. The normalized spacial score (nSPS) is 15.7. The van der Waals surface area contributed by atoms with Gasteiger partial charge in [-0.05, 0) is 67.1 Å². The first-order valence-corrected chi connectivity index (χ1v) is 11.2. The summed E-state index contributed by atoms with van der Waals surface area (Å²) in [7, 11) is 0. The molecule has 0 saturated carbocycles. The highest BCUT2D eigenvalue weighted by Crippen LogP contribution is 2.28. The lowest BCUT2D eigenvalue weighted by Crippen LogP contribution is -2.36. The van der Waals surface area contributed by atoms with E-state index in [2.05, 4.69) is 62.2 Å². The van der Waals surface area contributed by atoms with Gasteiger partial charge in [-0.1, -0.05) is 58.0 Å². The molecule has 1 N–H and O–H groups in total. The zero-order chi connectivity index (χ0) is 21.6. The second-order valence-corrected chi connectivity index (χ2v) is 9.22. The molecule has 3 rings (SSSR count). The van der Waals surface area contributed by atoms with Crippen LogP contribution in [0.2, 0.25) is 0 Å². The third-order valence-electron chi connectivity index (χ3n) is 5.77. The molecule has 0 unspecified atom stereocenters. The van der Waals surface area contributed by atoms with Crippen molar-refractivity contribution in [2.45, 2.75) is 58.4 Å². The summed E-state index contributed by atoms with van der Waals surface area (Å²) < 4.78 is 5.67. The molecule has 1 aliphatic heterocycles. The fourth-order valence-electron chi connectivity index (χ4n) is 3.95. The Morgan fingerprint density at radius 2 is 1.80 bits per heavy atom. The summed E-state index contributed by atoms with van der Waals surface area (Å²) in [5.74, 6) is 0.700. The Balaban J connectivity index is 1.71. The molecular weight excluding hydrogens is 372 g/mol. The monoisotopic (exact) mass is 408 g/mol. The van der Waals surface area contributed by atoms with Crippen molar-refractivity contribution in [3.63, 3.8) is 0 Å². The molecule has 1 amide bonds. The minimum absolute atomic E-state index is 0.0487. The lowest BCUT2D eigenvalue weighted by atomic mass is 9.86. The maximum Gasteiger partial charge on any atom is 0.251 e. The molecular formula is C26H36N2O2. The van der Waals surface area contributed by atoms with E-state index in [1.54, 1.807) is 0 Å². The van der Waals surface area contributed by atoms with Gasteiger partial charge in [-0.25, -0.2) is 0 Å². The third-order valence-corrected chi connectivity index (χ3v) is 5.77. The molecule has 4 heteroatoms. The van der Waals surface area contributed by atoms with Crippen LogP contribution in [-0.4, -0.2) is 37.0 Å². The van der Waals surface area contributed by atoms with Gasteiger partial charge < -0.3 is 10.1 Å². The van der Waals surface area contributed by atoms with Crippen LogP contribution >= 0.6 is 0 Å². The van der Waals surface area contributed by atoms with Gasteiger partial charge in [0.05, 0.1) is 12.6 Å². The molecule has 1 atom stereocenters. The van der Waals surface area contributed by atoms with Crippen molar-refractivity contribution in [3.05, 3.63) is 65.2 Å². The summed E-state index contributed by atoms with van der Waals surface area (Å²) in [6, 6.07) is 16.6. The Morgan fingerprint density at radius 3 is 2.43 bits per heavy atom. The SMILES string of the molecule is CCCOc1cccc(C(=O)NC[C@H](c2ccc(C(C)(C)C)cc2)N2CCCC2)c1. The first-order valence-electron chi connectivity index (χ1n) is 11.2. The maximum atomic E-state index is 12.8. The summed E-state index contributed by atoms with van der Waals surface area (Å²) in [5.41, 5.74) is 3.39. The molecule has 1 fully saturated rings.